The second-order valence-electron chi connectivity index (χ2n) is 9.54. The number of anilines is 1. The number of nitrogens with zero attached hydrogens (tertiary/aromatic N) is 4. The molecule has 1 saturated heterocycles. The van der Waals surface area contributed by atoms with Crippen molar-refractivity contribution >= 4 is 42.6 Å². The fourth-order valence-corrected chi connectivity index (χ4v) is 6.71. The van der Waals surface area contributed by atoms with E-state index in [-0.39, 0.29) is 10.8 Å². The van der Waals surface area contributed by atoms with Gasteiger partial charge in [-0.2, -0.15) is 4.31 Å². The van der Waals surface area contributed by atoms with Crippen LogP contribution in [-0.2, 0) is 10.0 Å². The summed E-state index contributed by atoms with van der Waals surface area (Å²) in [6.07, 6.45) is 1.72. The zero-order chi connectivity index (χ0) is 26.7. The maximum Gasteiger partial charge on any atom is 0.260 e. The third-order valence-electron chi connectivity index (χ3n) is 6.61. The van der Waals surface area contributed by atoms with E-state index in [1.165, 1.54) is 27.8 Å². The molecule has 4 rings (SSSR count). The second kappa shape index (κ2) is 11.3. The Hall–Kier alpha value is -2.73. The van der Waals surface area contributed by atoms with Crippen LogP contribution in [0.15, 0.2) is 41.3 Å². The first-order chi connectivity index (χ1) is 17.6. The molecule has 0 aliphatic carbocycles. The van der Waals surface area contributed by atoms with Crippen molar-refractivity contribution in [2.45, 2.75) is 24.7 Å². The van der Waals surface area contributed by atoms with E-state index in [1.807, 2.05) is 25.1 Å². The maximum absolute atomic E-state index is 13.6. The molecule has 0 N–H and O–H groups in total. The number of fused-ring (bicyclic) bond motifs is 1. The molecule has 11 heteroatoms. The number of hydrogen-bond donors (Lipinski definition) is 0. The molecule has 2 heterocycles. The molecule has 9 nitrogen and oxygen atoms in total. The van der Waals surface area contributed by atoms with Crippen molar-refractivity contribution in [1.82, 2.24) is 14.2 Å². The zero-order valence-corrected chi connectivity index (χ0v) is 23.6. The van der Waals surface area contributed by atoms with Gasteiger partial charge in [0.15, 0.2) is 16.6 Å². The molecule has 0 unspecified atom stereocenters. The SMILES string of the molecule is COc1cc2nc(N(CCN(C)C)C(=O)c3ccc(S(=O)(=O)N4CCC(C)CC4)cc3)sc2cc1OC. The third-order valence-corrected chi connectivity index (χ3v) is 9.57. The van der Waals surface area contributed by atoms with E-state index in [0.29, 0.717) is 59.8 Å². The molecule has 1 amide bonds. The van der Waals surface area contributed by atoms with Gasteiger partial charge in [0, 0.05) is 43.9 Å². The van der Waals surface area contributed by atoms with Gasteiger partial charge in [0.05, 0.1) is 29.3 Å². The summed E-state index contributed by atoms with van der Waals surface area (Å²) in [5.41, 5.74) is 1.11. The minimum absolute atomic E-state index is 0.206. The van der Waals surface area contributed by atoms with Crippen LogP contribution >= 0.6 is 11.3 Å². The van der Waals surface area contributed by atoms with Crippen LogP contribution in [0.5, 0.6) is 11.5 Å². The number of amides is 1. The number of rotatable bonds is 9. The van der Waals surface area contributed by atoms with Crippen LogP contribution in [0.25, 0.3) is 10.2 Å². The van der Waals surface area contributed by atoms with Crippen molar-refractivity contribution < 1.29 is 22.7 Å². The van der Waals surface area contributed by atoms with E-state index in [2.05, 4.69) is 6.92 Å². The number of hydrogen-bond acceptors (Lipinski definition) is 8. The average molecular weight is 547 g/mol. The number of sulfonamides is 1. The molecule has 1 aliphatic heterocycles. The van der Waals surface area contributed by atoms with Crippen molar-refractivity contribution in [3.63, 3.8) is 0 Å². The van der Waals surface area contributed by atoms with Crippen LogP contribution < -0.4 is 14.4 Å². The molecule has 0 atom stereocenters. The van der Waals surface area contributed by atoms with Crippen LogP contribution in [-0.4, -0.2) is 83.0 Å². The molecule has 2 aromatic carbocycles. The monoisotopic (exact) mass is 546 g/mol. The first-order valence-corrected chi connectivity index (χ1v) is 14.5. The number of likely N-dealkylation sites (N-methyl/N-ethyl adjacent to an activating group) is 1. The van der Waals surface area contributed by atoms with Gasteiger partial charge < -0.3 is 14.4 Å². The van der Waals surface area contributed by atoms with Gasteiger partial charge in [-0.15, -0.1) is 0 Å². The Morgan fingerprint density at radius 3 is 2.27 bits per heavy atom. The number of piperidine rings is 1. The summed E-state index contributed by atoms with van der Waals surface area (Å²) in [5.74, 6) is 1.45. The number of ether oxygens (including phenoxy) is 2. The number of aromatic nitrogens is 1. The van der Waals surface area contributed by atoms with E-state index in [1.54, 1.807) is 37.3 Å². The highest BCUT2D eigenvalue weighted by Crippen LogP contribution is 2.37. The van der Waals surface area contributed by atoms with Crippen LogP contribution in [0.3, 0.4) is 0 Å². The van der Waals surface area contributed by atoms with Crippen LogP contribution in [0.2, 0.25) is 0 Å². The summed E-state index contributed by atoms with van der Waals surface area (Å²) in [7, 11) is 3.45. The van der Waals surface area contributed by atoms with Gasteiger partial charge in [0.2, 0.25) is 10.0 Å². The Labute approximate surface area is 222 Å². The Morgan fingerprint density at radius 2 is 1.68 bits per heavy atom. The van der Waals surface area contributed by atoms with E-state index in [0.717, 1.165) is 17.5 Å². The lowest BCUT2D eigenvalue weighted by Crippen LogP contribution is -2.38. The van der Waals surface area contributed by atoms with Gasteiger partial charge in [-0.3, -0.25) is 9.69 Å². The molecule has 0 bridgehead atoms. The Bertz CT molecular complexity index is 1310. The minimum atomic E-state index is -3.58. The quantitative estimate of drug-likeness (QED) is 0.401. The van der Waals surface area contributed by atoms with Crippen molar-refractivity contribution in [2.75, 3.05) is 59.4 Å². The average Bonchev–Trinajstić information content (AvgIpc) is 3.30. The van der Waals surface area contributed by atoms with Crippen LogP contribution in [0.4, 0.5) is 5.13 Å². The van der Waals surface area contributed by atoms with E-state index in [4.69, 9.17) is 14.5 Å². The lowest BCUT2D eigenvalue weighted by molar-refractivity contribution is 0.0985. The molecule has 3 aromatic rings. The van der Waals surface area contributed by atoms with Gasteiger partial charge in [-0.1, -0.05) is 18.3 Å². The van der Waals surface area contributed by atoms with Gasteiger partial charge in [-0.05, 0) is 57.1 Å². The molecule has 1 fully saturated rings. The van der Waals surface area contributed by atoms with Crippen molar-refractivity contribution in [3.05, 3.63) is 42.0 Å². The Morgan fingerprint density at radius 1 is 1.05 bits per heavy atom. The zero-order valence-electron chi connectivity index (χ0n) is 21.9. The Kier molecular flexibility index (Phi) is 8.37. The van der Waals surface area contributed by atoms with Crippen molar-refractivity contribution in [3.8, 4) is 11.5 Å². The number of carbonyl (C=O) groups excluding carboxylic acids is 1. The normalized spacial score (nSPS) is 15.3. The van der Waals surface area contributed by atoms with Crippen LogP contribution in [0.1, 0.15) is 30.1 Å². The minimum Gasteiger partial charge on any atom is -0.493 e. The summed E-state index contributed by atoms with van der Waals surface area (Å²) in [4.78, 5) is 22.2. The van der Waals surface area contributed by atoms with Crippen molar-refractivity contribution in [1.29, 1.82) is 0 Å². The van der Waals surface area contributed by atoms with Crippen molar-refractivity contribution in [2.24, 2.45) is 5.92 Å². The first-order valence-electron chi connectivity index (χ1n) is 12.2. The van der Waals surface area contributed by atoms with E-state index < -0.39 is 10.0 Å². The molecule has 200 valence electrons. The first kappa shape index (κ1) is 27.3. The predicted octanol–water partition coefficient (Wildman–Crippen LogP) is 3.94. The molecule has 1 aromatic heterocycles. The number of carbonyl (C=O) groups is 1. The van der Waals surface area contributed by atoms with Gasteiger partial charge in [-0.25, -0.2) is 13.4 Å². The molecule has 0 radical (unpaired) electrons. The summed E-state index contributed by atoms with van der Waals surface area (Å²) in [5, 5.41) is 0.552. The lowest BCUT2D eigenvalue weighted by Gasteiger charge is -2.29. The standard InChI is InChI=1S/C26H34N4O5S2/c1-18-10-12-29(13-11-18)37(32,33)20-8-6-19(7-9-20)25(31)30(15-14-28(2)3)26-27-21-16-22(34-4)23(35-5)17-24(21)36-26/h6-9,16-18H,10-15H2,1-5H3. The van der Waals surface area contributed by atoms with E-state index >= 15 is 0 Å². The summed E-state index contributed by atoms with van der Waals surface area (Å²) in [6, 6.07) is 9.87. The predicted molar refractivity (Wildman–Crippen MR) is 147 cm³/mol. The smallest absolute Gasteiger partial charge is 0.260 e. The fourth-order valence-electron chi connectivity index (χ4n) is 4.24. The molecule has 1 aliphatic rings. The topological polar surface area (TPSA) is 92.3 Å². The van der Waals surface area contributed by atoms with E-state index in [9.17, 15) is 13.2 Å². The molecule has 0 saturated carbocycles. The molecular weight excluding hydrogens is 512 g/mol. The number of methoxy groups -OCH3 is 2. The number of benzene rings is 2. The summed E-state index contributed by atoms with van der Waals surface area (Å²) < 4.78 is 39.4. The molecule has 0 spiro atoms. The summed E-state index contributed by atoms with van der Waals surface area (Å²) in [6.45, 7) is 4.25. The summed E-state index contributed by atoms with van der Waals surface area (Å²) >= 11 is 1.39. The highest BCUT2D eigenvalue weighted by atomic mass is 32.2. The third kappa shape index (κ3) is 5.90. The molecular formula is C26H34N4O5S2. The molecule has 37 heavy (non-hydrogen) atoms. The second-order valence-corrected chi connectivity index (χ2v) is 12.5. The Balaban J connectivity index is 1.62. The largest absolute Gasteiger partial charge is 0.493 e. The fraction of sp³-hybridized carbons (Fsp3) is 0.462. The van der Waals surface area contributed by atoms with Gasteiger partial charge >= 0.3 is 0 Å². The van der Waals surface area contributed by atoms with Crippen LogP contribution in [0, 0.1) is 5.92 Å². The maximum atomic E-state index is 13.6. The lowest BCUT2D eigenvalue weighted by atomic mass is 10.0. The van der Waals surface area contributed by atoms with Gasteiger partial charge in [0.1, 0.15) is 0 Å². The highest BCUT2D eigenvalue weighted by molar-refractivity contribution is 7.89. The number of thiazole rings is 1. The highest BCUT2D eigenvalue weighted by Gasteiger charge is 2.29. The van der Waals surface area contributed by atoms with Gasteiger partial charge in [0.25, 0.3) is 5.91 Å².